The molecule has 1 aromatic rings. The Kier molecular flexibility index (Phi) is 2.42. The summed E-state index contributed by atoms with van der Waals surface area (Å²) in [5, 5.41) is 0. The van der Waals surface area contributed by atoms with Crippen LogP contribution in [0.3, 0.4) is 0 Å². The van der Waals surface area contributed by atoms with Gasteiger partial charge >= 0.3 is 10.4 Å². The van der Waals surface area contributed by atoms with Crippen LogP contribution in [0, 0.1) is 0 Å². The van der Waals surface area contributed by atoms with Crippen LogP contribution in [0.15, 0.2) is 12.4 Å². The standard InChI is InChI=1S/C7H12FN2O2S/c1-6(2)7-9(3)4-5-10(7)13(8,11)12/h4-6H,1-3H3/q+1. The quantitative estimate of drug-likeness (QED) is 0.523. The lowest BCUT2D eigenvalue weighted by molar-refractivity contribution is -0.679. The van der Waals surface area contributed by atoms with Gasteiger partial charge in [0.25, 0.3) is 5.82 Å². The molecule has 0 spiro atoms. The molecule has 0 saturated carbocycles. The lowest BCUT2D eigenvalue weighted by atomic mass is 10.2. The number of aromatic nitrogens is 2. The fraction of sp³-hybridized carbons (Fsp3) is 0.571. The first-order chi connectivity index (χ1) is 5.84. The van der Waals surface area contributed by atoms with Gasteiger partial charge in [-0.3, -0.25) is 0 Å². The molecule has 0 bridgehead atoms. The number of imidazole rings is 1. The molecule has 0 aromatic carbocycles. The van der Waals surface area contributed by atoms with Gasteiger partial charge < -0.3 is 0 Å². The Morgan fingerprint density at radius 3 is 2.38 bits per heavy atom. The zero-order chi connectivity index (χ0) is 10.2. The lowest BCUT2D eigenvalue weighted by Crippen LogP contribution is -2.33. The largest absolute Gasteiger partial charge is 0.480 e. The highest BCUT2D eigenvalue weighted by molar-refractivity contribution is 7.84. The molecule has 0 radical (unpaired) electrons. The van der Waals surface area contributed by atoms with E-state index >= 15 is 0 Å². The third-order valence-corrected chi connectivity index (χ3v) is 2.54. The van der Waals surface area contributed by atoms with Gasteiger partial charge in [-0.25, -0.2) is 4.57 Å². The molecule has 1 heterocycles. The summed E-state index contributed by atoms with van der Waals surface area (Å²) in [6.07, 6.45) is 2.71. The number of nitrogens with zero attached hydrogens (tertiary/aromatic N) is 2. The van der Waals surface area contributed by atoms with Crippen molar-refractivity contribution < 1.29 is 16.9 Å². The van der Waals surface area contributed by atoms with Crippen molar-refractivity contribution in [3.63, 3.8) is 0 Å². The second-order valence-electron chi connectivity index (χ2n) is 3.16. The summed E-state index contributed by atoms with van der Waals surface area (Å²) in [4.78, 5) is 0. The van der Waals surface area contributed by atoms with Gasteiger partial charge in [0.05, 0.1) is 13.0 Å². The molecule has 1 aromatic heterocycles. The SMILES string of the molecule is CC(C)c1n(S(=O)(=O)F)cc[n+]1C. The predicted octanol–water partition coefficient (Wildman–Crippen LogP) is 0.498. The number of hydrogen-bond donors (Lipinski definition) is 0. The third-order valence-electron chi connectivity index (χ3n) is 1.76. The summed E-state index contributed by atoms with van der Waals surface area (Å²) in [6.45, 7) is 3.61. The van der Waals surface area contributed by atoms with Gasteiger partial charge in [0.2, 0.25) is 0 Å². The van der Waals surface area contributed by atoms with Gasteiger partial charge in [0, 0.05) is 0 Å². The van der Waals surface area contributed by atoms with E-state index in [-0.39, 0.29) is 5.92 Å². The van der Waals surface area contributed by atoms with E-state index in [9.17, 15) is 12.3 Å². The maximum Gasteiger partial charge on any atom is 0.480 e. The lowest BCUT2D eigenvalue weighted by Gasteiger charge is -2.00. The van der Waals surface area contributed by atoms with Crippen LogP contribution in [0.25, 0.3) is 0 Å². The average molecular weight is 207 g/mol. The summed E-state index contributed by atoms with van der Waals surface area (Å²) in [6, 6.07) is 0. The van der Waals surface area contributed by atoms with Crippen molar-refractivity contribution in [1.82, 2.24) is 3.97 Å². The maximum absolute atomic E-state index is 12.7. The zero-order valence-corrected chi connectivity index (χ0v) is 8.55. The Labute approximate surface area is 77.0 Å². The van der Waals surface area contributed by atoms with Crippen molar-refractivity contribution in [2.75, 3.05) is 0 Å². The highest BCUT2D eigenvalue weighted by atomic mass is 32.3. The summed E-state index contributed by atoms with van der Waals surface area (Å²) in [7, 11) is -2.98. The topological polar surface area (TPSA) is 43.0 Å². The van der Waals surface area contributed by atoms with Gasteiger partial charge in [-0.15, -0.1) is 0 Å². The van der Waals surface area contributed by atoms with Gasteiger partial charge in [0.1, 0.15) is 12.4 Å². The van der Waals surface area contributed by atoms with Gasteiger partial charge in [-0.05, 0) is 0 Å². The number of hydrogen-bond acceptors (Lipinski definition) is 2. The van der Waals surface area contributed by atoms with Crippen molar-refractivity contribution >= 4 is 10.4 Å². The fourth-order valence-electron chi connectivity index (χ4n) is 1.31. The molecule has 4 nitrogen and oxygen atoms in total. The Morgan fingerprint density at radius 2 is 2.08 bits per heavy atom. The van der Waals surface area contributed by atoms with E-state index < -0.39 is 10.4 Å². The molecule has 0 fully saturated rings. The first-order valence-electron chi connectivity index (χ1n) is 3.86. The minimum Gasteiger partial charge on any atom is -0.236 e. The molecule has 0 aliphatic carbocycles. The van der Waals surface area contributed by atoms with Gasteiger partial charge in [-0.1, -0.05) is 21.7 Å². The summed E-state index contributed by atoms with van der Waals surface area (Å²) < 4.78 is 36.2. The molecule has 0 amide bonds. The van der Waals surface area contributed by atoms with E-state index in [0.29, 0.717) is 9.80 Å². The molecule has 74 valence electrons. The van der Waals surface area contributed by atoms with Crippen LogP contribution in [-0.4, -0.2) is 12.4 Å². The molecule has 0 aliphatic rings. The van der Waals surface area contributed by atoms with E-state index in [1.54, 1.807) is 25.5 Å². The van der Waals surface area contributed by atoms with Crippen LogP contribution >= 0.6 is 0 Å². The monoisotopic (exact) mass is 207 g/mol. The Balaban J connectivity index is 3.40. The zero-order valence-electron chi connectivity index (χ0n) is 7.73. The van der Waals surface area contributed by atoms with E-state index in [2.05, 4.69) is 0 Å². The summed E-state index contributed by atoms with van der Waals surface area (Å²) in [5.74, 6) is 0.369. The third kappa shape index (κ3) is 1.88. The smallest absolute Gasteiger partial charge is 0.236 e. The summed E-state index contributed by atoms with van der Waals surface area (Å²) in [5.41, 5.74) is 0. The van der Waals surface area contributed by atoms with Crippen LogP contribution in [0.1, 0.15) is 25.6 Å². The van der Waals surface area contributed by atoms with Crippen molar-refractivity contribution in [3.05, 3.63) is 18.2 Å². The maximum atomic E-state index is 12.7. The molecule has 0 unspecified atom stereocenters. The van der Waals surface area contributed by atoms with Crippen molar-refractivity contribution in [1.29, 1.82) is 0 Å². The molecular weight excluding hydrogens is 195 g/mol. The molecule has 0 aliphatic heterocycles. The van der Waals surface area contributed by atoms with Gasteiger partial charge in [-0.2, -0.15) is 8.42 Å². The Bertz CT molecular complexity index is 408. The van der Waals surface area contributed by atoms with Crippen molar-refractivity contribution in [2.45, 2.75) is 19.8 Å². The minimum absolute atomic E-state index is 0.0504. The number of halogens is 1. The Hall–Kier alpha value is -0.910. The highest BCUT2D eigenvalue weighted by Gasteiger charge is 2.27. The van der Waals surface area contributed by atoms with E-state index in [1.165, 1.54) is 12.4 Å². The molecule has 6 heteroatoms. The van der Waals surface area contributed by atoms with E-state index in [1.807, 2.05) is 0 Å². The van der Waals surface area contributed by atoms with Gasteiger partial charge in [0.15, 0.2) is 0 Å². The molecular formula is C7H12FN2O2S+. The minimum atomic E-state index is -4.66. The van der Waals surface area contributed by atoms with Crippen LogP contribution in [-0.2, 0) is 17.5 Å². The van der Waals surface area contributed by atoms with Crippen molar-refractivity contribution in [3.8, 4) is 0 Å². The molecule has 1 rings (SSSR count). The number of aryl methyl sites for hydroxylation is 1. The summed E-state index contributed by atoms with van der Waals surface area (Å²) >= 11 is 0. The predicted molar refractivity (Wildman–Crippen MR) is 45.1 cm³/mol. The van der Waals surface area contributed by atoms with Crippen LogP contribution in [0.4, 0.5) is 3.89 Å². The molecule has 0 atom stereocenters. The van der Waals surface area contributed by atoms with E-state index in [0.717, 1.165) is 0 Å². The van der Waals surface area contributed by atoms with Crippen LogP contribution in [0.2, 0.25) is 0 Å². The number of rotatable bonds is 2. The highest BCUT2D eigenvalue weighted by Crippen LogP contribution is 2.12. The molecule has 13 heavy (non-hydrogen) atoms. The van der Waals surface area contributed by atoms with Crippen LogP contribution < -0.4 is 4.57 Å². The van der Waals surface area contributed by atoms with E-state index in [4.69, 9.17) is 0 Å². The first-order valence-corrected chi connectivity index (χ1v) is 5.20. The van der Waals surface area contributed by atoms with Crippen molar-refractivity contribution in [2.24, 2.45) is 7.05 Å². The first kappa shape index (κ1) is 10.2. The second-order valence-corrected chi connectivity index (χ2v) is 4.38. The van der Waals surface area contributed by atoms with Crippen LogP contribution in [0.5, 0.6) is 0 Å². The Morgan fingerprint density at radius 1 is 1.54 bits per heavy atom. The normalized spacial score (nSPS) is 12.4. The molecule has 0 saturated heterocycles. The molecule has 0 N–H and O–H groups in total. The fourth-order valence-corrected chi connectivity index (χ4v) is 2.08. The second kappa shape index (κ2) is 3.10. The average Bonchev–Trinajstić information content (AvgIpc) is 2.28.